The summed E-state index contributed by atoms with van der Waals surface area (Å²) in [7, 11) is 1.65. The number of hydrogen-bond donors (Lipinski definition) is 0. The van der Waals surface area contributed by atoms with Gasteiger partial charge in [0.2, 0.25) is 5.75 Å². The summed E-state index contributed by atoms with van der Waals surface area (Å²) in [6.07, 6.45) is 3.38. The monoisotopic (exact) mass is 342 g/mol. The molecule has 23 heavy (non-hydrogen) atoms. The highest BCUT2D eigenvalue weighted by molar-refractivity contribution is 7.94. The number of hydrogen-bond acceptors (Lipinski definition) is 6. The van der Waals surface area contributed by atoms with Crippen LogP contribution >= 0.6 is 12.0 Å². The standard InChI is InChI=1S/C17H26O5S/c1-4-7-20-15-11-14(13-18)12-16(17(15)22-8-5-2)21-9-6-10-23-19-3/h11-13H,4-10H2,1-3H3. The molecule has 0 amide bonds. The Balaban J connectivity index is 2.90. The predicted molar refractivity (Wildman–Crippen MR) is 93.0 cm³/mol. The highest BCUT2D eigenvalue weighted by atomic mass is 32.2. The summed E-state index contributed by atoms with van der Waals surface area (Å²) < 4.78 is 22.3. The second-order valence-electron chi connectivity index (χ2n) is 4.85. The Morgan fingerprint density at radius 1 is 1.00 bits per heavy atom. The summed E-state index contributed by atoms with van der Waals surface area (Å²) in [5, 5.41) is 0. The second-order valence-corrected chi connectivity index (χ2v) is 5.83. The van der Waals surface area contributed by atoms with Crippen LogP contribution in [0.15, 0.2) is 12.1 Å². The van der Waals surface area contributed by atoms with Crippen LogP contribution < -0.4 is 14.2 Å². The van der Waals surface area contributed by atoms with E-state index in [9.17, 15) is 4.79 Å². The minimum Gasteiger partial charge on any atom is -0.490 e. The van der Waals surface area contributed by atoms with Gasteiger partial charge in [0.1, 0.15) is 6.29 Å². The van der Waals surface area contributed by atoms with E-state index in [-0.39, 0.29) is 0 Å². The zero-order valence-electron chi connectivity index (χ0n) is 14.1. The molecule has 5 nitrogen and oxygen atoms in total. The number of ether oxygens (including phenoxy) is 3. The molecule has 0 saturated carbocycles. The van der Waals surface area contributed by atoms with Crippen molar-refractivity contribution in [2.24, 2.45) is 0 Å². The zero-order chi connectivity index (χ0) is 16.9. The maximum Gasteiger partial charge on any atom is 0.203 e. The first-order chi connectivity index (χ1) is 11.3. The largest absolute Gasteiger partial charge is 0.490 e. The highest BCUT2D eigenvalue weighted by Crippen LogP contribution is 2.39. The van der Waals surface area contributed by atoms with Crippen molar-refractivity contribution in [2.45, 2.75) is 33.1 Å². The molecule has 0 unspecified atom stereocenters. The zero-order valence-corrected chi connectivity index (χ0v) is 14.9. The van der Waals surface area contributed by atoms with Crippen molar-refractivity contribution in [3.05, 3.63) is 17.7 Å². The fourth-order valence-corrected chi connectivity index (χ4v) is 2.22. The summed E-state index contributed by atoms with van der Waals surface area (Å²) in [5.41, 5.74) is 0.515. The van der Waals surface area contributed by atoms with E-state index in [4.69, 9.17) is 18.4 Å². The second kappa shape index (κ2) is 12.1. The molecule has 6 heteroatoms. The van der Waals surface area contributed by atoms with Crippen molar-refractivity contribution >= 4 is 18.3 Å². The first-order valence-electron chi connectivity index (χ1n) is 7.94. The van der Waals surface area contributed by atoms with Gasteiger partial charge in [-0.15, -0.1) is 0 Å². The summed E-state index contributed by atoms with van der Waals surface area (Å²) in [5.74, 6) is 2.53. The number of benzene rings is 1. The molecule has 1 aromatic carbocycles. The molecule has 130 valence electrons. The van der Waals surface area contributed by atoms with Crippen LogP contribution in [-0.2, 0) is 4.18 Å². The maximum absolute atomic E-state index is 11.2. The molecular formula is C17H26O5S. The minimum absolute atomic E-state index is 0.515. The van der Waals surface area contributed by atoms with Crippen LogP contribution in [0.4, 0.5) is 0 Å². The molecule has 0 fully saturated rings. The summed E-state index contributed by atoms with van der Waals surface area (Å²) in [6.45, 7) is 5.72. The molecule has 0 spiro atoms. The molecule has 0 aliphatic carbocycles. The SMILES string of the molecule is CCCOc1cc(C=O)cc(OCCCSOC)c1OCCC. The molecule has 0 aliphatic rings. The topological polar surface area (TPSA) is 54.0 Å². The van der Waals surface area contributed by atoms with Gasteiger partial charge in [0, 0.05) is 11.3 Å². The van der Waals surface area contributed by atoms with E-state index in [1.54, 1.807) is 19.2 Å². The Kier molecular flexibility index (Phi) is 10.3. The van der Waals surface area contributed by atoms with Gasteiger partial charge < -0.3 is 18.4 Å². The van der Waals surface area contributed by atoms with Gasteiger partial charge in [-0.2, -0.15) is 0 Å². The Labute approximate surface area is 142 Å². The lowest BCUT2D eigenvalue weighted by Crippen LogP contribution is -2.06. The lowest BCUT2D eigenvalue weighted by atomic mass is 10.2. The van der Waals surface area contributed by atoms with Crippen molar-refractivity contribution in [3.8, 4) is 17.2 Å². The third-order valence-corrected chi connectivity index (χ3v) is 3.53. The molecule has 0 aliphatic heterocycles. The summed E-state index contributed by atoms with van der Waals surface area (Å²) in [4.78, 5) is 11.2. The fraction of sp³-hybridized carbons (Fsp3) is 0.588. The highest BCUT2D eigenvalue weighted by Gasteiger charge is 2.15. The quantitative estimate of drug-likeness (QED) is 0.305. The van der Waals surface area contributed by atoms with E-state index in [1.165, 1.54) is 12.0 Å². The number of rotatable bonds is 13. The van der Waals surface area contributed by atoms with Crippen LogP contribution in [0.1, 0.15) is 43.5 Å². The van der Waals surface area contributed by atoms with Crippen molar-refractivity contribution in [1.29, 1.82) is 0 Å². The van der Waals surface area contributed by atoms with Gasteiger partial charge in [-0.3, -0.25) is 4.79 Å². The molecule has 0 saturated heterocycles. The van der Waals surface area contributed by atoms with Gasteiger partial charge in [0.15, 0.2) is 11.5 Å². The molecule has 0 bridgehead atoms. The molecule has 1 rings (SSSR count). The van der Waals surface area contributed by atoms with Crippen LogP contribution in [0.2, 0.25) is 0 Å². The molecular weight excluding hydrogens is 316 g/mol. The average molecular weight is 342 g/mol. The van der Waals surface area contributed by atoms with Crippen LogP contribution in [0.25, 0.3) is 0 Å². The number of carbonyl (C=O) groups is 1. The van der Waals surface area contributed by atoms with Gasteiger partial charge in [-0.25, -0.2) is 0 Å². The Morgan fingerprint density at radius 2 is 1.61 bits per heavy atom. The maximum atomic E-state index is 11.2. The van der Waals surface area contributed by atoms with Crippen molar-refractivity contribution in [1.82, 2.24) is 0 Å². The van der Waals surface area contributed by atoms with Crippen molar-refractivity contribution in [3.63, 3.8) is 0 Å². The third kappa shape index (κ3) is 7.14. The van der Waals surface area contributed by atoms with Crippen LogP contribution in [0, 0.1) is 0 Å². The van der Waals surface area contributed by atoms with E-state index >= 15 is 0 Å². The first-order valence-corrected chi connectivity index (χ1v) is 8.85. The normalized spacial score (nSPS) is 10.4. The average Bonchev–Trinajstić information content (AvgIpc) is 2.58. The molecule has 0 aromatic heterocycles. The predicted octanol–water partition coefficient (Wildman–Crippen LogP) is 4.14. The van der Waals surface area contributed by atoms with Crippen molar-refractivity contribution in [2.75, 3.05) is 32.7 Å². The van der Waals surface area contributed by atoms with E-state index in [2.05, 4.69) is 0 Å². The van der Waals surface area contributed by atoms with E-state index in [1.807, 2.05) is 13.8 Å². The number of aldehydes is 1. The smallest absolute Gasteiger partial charge is 0.203 e. The number of carbonyl (C=O) groups excluding carboxylic acids is 1. The van der Waals surface area contributed by atoms with Gasteiger partial charge in [-0.1, -0.05) is 13.8 Å². The molecule has 1 aromatic rings. The lowest BCUT2D eigenvalue weighted by molar-refractivity contribution is 0.112. The molecule has 0 atom stereocenters. The van der Waals surface area contributed by atoms with Gasteiger partial charge in [0.05, 0.1) is 26.9 Å². The van der Waals surface area contributed by atoms with E-state index < -0.39 is 0 Å². The molecule has 0 radical (unpaired) electrons. The van der Waals surface area contributed by atoms with Crippen LogP contribution in [0.5, 0.6) is 17.2 Å². The fourth-order valence-electron chi connectivity index (χ4n) is 1.82. The summed E-state index contributed by atoms with van der Waals surface area (Å²) >= 11 is 1.39. The van der Waals surface area contributed by atoms with Gasteiger partial charge in [-0.05, 0) is 43.4 Å². The minimum atomic E-state index is 0.515. The van der Waals surface area contributed by atoms with E-state index in [0.717, 1.165) is 31.3 Å². The van der Waals surface area contributed by atoms with Crippen LogP contribution in [-0.4, -0.2) is 39.0 Å². The van der Waals surface area contributed by atoms with Crippen molar-refractivity contribution < 1.29 is 23.2 Å². The summed E-state index contributed by atoms with van der Waals surface area (Å²) in [6, 6.07) is 3.39. The van der Waals surface area contributed by atoms with E-state index in [0.29, 0.717) is 42.6 Å². The Morgan fingerprint density at radius 3 is 2.17 bits per heavy atom. The Bertz CT molecular complexity index is 465. The first kappa shape index (κ1) is 19.6. The molecule has 0 heterocycles. The van der Waals surface area contributed by atoms with Crippen LogP contribution in [0.3, 0.4) is 0 Å². The Hall–Kier alpha value is -1.40. The van der Waals surface area contributed by atoms with Gasteiger partial charge >= 0.3 is 0 Å². The third-order valence-electron chi connectivity index (χ3n) is 2.84. The lowest BCUT2D eigenvalue weighted by Gasteiger charge is -2.17. The molecule has 0 N–H and O–H groups in total. The van der Waals surface area contributed by atoms with Gasteiger partial charge in [0.25, 0.3) is 0 Å².